The largest absolute Gasteiger partial charge is 0.493 e. The van der Waals surface area contributed by atoms with Crippen LogP contribution in [0.25, 0.3) is 0 Å². The lowest BCUT2D eigenvalue weighted by Crippen LogP contribution is -2.39. The second-order valence-corrected chi connectivity index (χ2v) is 8.26. The molecular formula is C25H27N3O3. The Kier molecular flexibility index (Phi) is 6.51. The van der Waals surface area contributed by atoms with Gasteiger partial charge in [0, 0.05) is 37.3 Å². The molecule has 4 rings (SSSR count). The van der Waals surface area contributed by atoms with Crippen LogP contribution in [0.15, 0.2) is 48.5 Å². The molecule has 0 aromatic heterocycles. The quantitative estimate of drug-likeness (QED) is 0.743. The van der Waals surface area contributed by atoms with Crippen molar-refractivity contribution in [2.24, 2.45) is 5.92 Å². The van der Waals surface area contributed by atoms with Crippen LogP contribution < -0.4 is 4.74 Å². The van der Waals surface area contributed by atoms with Crippen molar-refractivity contribution in [3.63, 3.8) is 0 Å². The van der Waals surface area contributed by atoms with Crippen LogP contribution in [0.4, 0.5) is 0 Å². The predicted octanol–water partition coefficient (Wildman–Crippen LogP) is 3.73. The molecule has 0 atom stereocenters. The zero-order valence-electron chi connectivity index (χ0n) is 17.6. The fourth-order valence-electron chi connectivity index (χ4n) is 4.18. The summed E-state index contributed by atoms with van der Waals surface area (Å²) in [6, 6.07) is 16.3. The van der Waals surface area contributed by atoms with Gasteiger partial charge in [-0.05, 0) is 80.1 Å². The van der Waals surface area contributed by atoms with Crippen LogP contribution in [0, 0.1) is 17.2 Å². The van der Waals surface area contributed by atoms with Crippen LogP contribution in [-0.2, 0) is 0 Å². The van der Waals surface area contributed by atoms with Gasteiger partial charge < -0.3 is 14.5 Å². The van der Waals surface area contributed by atoms with Crippen LogP contribution in [0.3, 0.4) is 0 Å². The topological polar surface area (TPSA) is 73.6 Å². The number of rotatable bonds is 5. The maximum atomic E-state index is 12.6. The molecule has 0 saturated carbocycles. The Morgan fingerprint density at radius 1 is 0.839 bits per heavy atom. The van der Waals surface area contributed by atoms with E-state index < -0.39 is 0 Å². The van der Waals surface area contributed by atoms with Crippen molar-refractivity contribution in [3.05, 3.63) is 65.2 Å². The lowest BCUT2D eigenvalue weighted by molar-refractivity contribution is 0.0660. The predicted molar refractivity (Wildman–Crippen MR) is 117 cm³/mol. The smallest absolute Gasteiger partial charge is 0.253 e. The number of piperidine rings is 1. The minimum Gasteiger partial charge on any atom is -0.493 e. The second-order valence-electron chi connectivity index (χ2n) is 8.26. The molecule has 6 nitrogen and oxygen atoms in total. The molecule has 2 aromatic rings. The lowest BCUT2D eigenvalue weighted by atomic mass is 9.97. The van der Waals surface area contributed by atoms with Crippen LogP contribution in [0.2, 0.25) is 0 Å². The van der Waals surface area contributed by atoms with Crippen LogP contribution >= 0.6 is 0 Å². The Balaban J connectivity index is 1.23. The number of likely N-dealkylation sites (tertiary alicyclic amines) is 2. The van der Waals surface area contributed by atoms with Crippen molar-refractivity contribution in [2.75, 3.05) is 32.8 Å². The Morgan fingerprint density at radius 2 is 1.35 bits per heavy atom. The average Bonchev–Trinajstić information content (AvgIpc) is 3.38. The van der Waals surface area contributed by atoms with E-state index in [0.29, 0.717) is 42.3 Å². The molecule has 0 aliphatic carbocycles. The van der Waals surface area contributed by atoms with Crippen molar-refractivity contribution in [3.8, 4) is 11.8 Å². The lowest BCUT2D eigenvalue weighted by Gasteiger charge is -2.32. The third-order valence-electron chi connectivity index (χ3n) is 6.14. The number of nitrogens with zero attached hydrogens (tertiary/aromatic N) is 3. The first-order chi connectivity index (χ1) is 15.1. The summed E-state index contributed by atoms with van der Waals surface area (Å²) >= 11 is 0. The van der Waals surface area contributed by atoms with E-state index in [9.17, 15) is 9.59 Å². The van der Waals surface area contributed by atoms with Gasteiger partial charge in [0.15, 0.2) is 0 Å². The number of ether oxygens (including phenoxy) is 1. The second kappa shape index (κ2) is 9.65. The van der Waals surface area contributed by atoms with Crippen LogP contribution in [0.5, 0.6) is 5.75 Å². The Labute approximate surface area is 183 Å². The first kappa shape index (κ1) is 20.9. The van der Waals surface area contributed by atoms with Gasteiger partial charge in [-0.3, -0.25) is 9.59 Å². The van der Waals surface area contributed by atoms with Gasteiger partial charge in [-0.2, -0.15) is 5.26 Å². The molecule has 0 bridgehead atoms. The summed E-state index contributed by atoms with van der Waals surface area (Å²) in [7, 11) is 0. The molecule has 2 fully saturated rings. The summed E-state index contributed by atoms with van der Waals surface area (Å²) in [5.41, 5.74) is 1.89. The van der Waals surface area contributed by atoms with Gasteiger partial charge in [0.1, 0.15) is 5.75 Å². The van der Waals surface area contributed by atoms with E-state index in [2.05, 4.69) is 6.07 Å². The van der Waals surface area contributed by atoms with E-state index in [1.54, 1.807) is 24.3 Å². The first-order valence-corrected chi connectivity index (χ1v) is 11.0. The number of hydrogen-bond acceptors (Lipinski definition) is 4. The Morgan fingerprint density at radius 3 is 1.90 bits per heavy atom. The zero-order valence-corrected chi connectivity index (χ0v) is 17.6. The zero-order chi connectivity index (χ0) is 21.6. The van der Waals surface area contributed by atoms with Crippen molar-refractivity contribution in [1.82, 2.24) is 9.80 Å². The van der Waals surface area contributed by atoms with Gasteiger partial charge in [0.25, 0.3) is 11.8 Å². The van der Waals surface area contributed by atoms with Crippen molar-refractivity contribution < 1.29 is 14.3 Å². The molecule has 31 heavy (non-hydrogen) atoms. The highest BCUT2D eigenvalue weighted by Crippen LogP contribution is 2.22. The van der Waals surface area contributed by atoms with E-state index in [1.807, 2.05) is 34.1 Å². The average molecular weight is 418 g/mol. The first-order valence-electron chi connectivity index (χ1n) is 11.0. The van der Waals surface area contributed by atoms with Gasteiger partial charge in [-0.25, -0.2) is 0 Å². The SMILES string of the molecule is N#Cc1ccc(C(=O)N2CCC(COc3ccc(C(=O)N4CCCC4)cc3)CC2)cc1. The van der Waals surface area contributed by atoms with Gasteiger partial charge in [0.05, 0.1) is 18.2 Å². The molecule has 2 heterocycles. The number of carbonyl (C=O) groups is 2. The van der Waals surface area contributed by atoms with E-state index in [1.165, 1.54) is 0 Å². The monoisotopic (exact) mass is 417 g/mol. The minimum absolute atomic E-state index is 0.0158. The molecular weight excluding hydrogens is 390 g/mol. The molecule has 0 spiro atoms. The van der Waals surface area contributed by atoms with Gasteiger partial charge in [-0.15, -0.1) is 0 Å². The maximum Gasteiger partial charge on any atom is 0.253 e. The van der Waals surface area contributed by atoms with E-state index >= 15 is 0 Å². The van der Waals surface area contributed by atoms with Crippen molar-refractivity contribution in [1.29, 1.82) is 5.26 Å². The molecule has 2 saturated heterocycles. The summed E-state index contributed by atoms with van der Waals surface area (Å²) in [5.74, 6) is 1.29. The number of nitriles is 1. The van der Waals surface area contributed by atoms with Gasteiger partial charge in [-0.1, -0.05) is 0 Å². The van der Waals surface area contributed by atoms with Crippen LogP contribution in [-0.4, -0.2) is 54.4 Å². The number of amides is 2. The molecule has 6 heteroatoms. The number of hydrogen-bond donors (Lipinski definition) is 0. The summed E-state index contributed by atoms with van der Waals surface area (Å²) in [5, 5.41) is 8.89. The molecule has 0 unspecified atom stereocenters. The molecule has 160 valence electrons. The summed E-state index contributed by atoms with van der Waals surface area (Å²) < 4.78 is 5.95. The summed E-state index contributed by atoms with van der Waals surface area (Å²) in [4.78, 5) is 28.8. The molecule has 0 radical (unpaired) electrons. The van der Waals surface area contributed by atoms with Crippen molar-refractivity contribution >= 4 is 11.8 Å². The standard InChI is InChI=1S/C25H27N3O3/c26-17-19-3-5-21(6-4-19)25(30)28-15-11-20(12-16-28)18-31-23-9-7-22(8-10-23)24(29)27-13-1-2-14-27/h3-10,20H,1-2,11-16,18H2. The third-order valence-corrected chi connectivity index (χ3v) is 6.14. The molecule has 2 amide bonds. The summed E-state index contributed by atoms with van der Waals surface area (Å²) in [6.45, 7) is 3.72. The highest BCUT2D eigenvalue weighted by Gasteiger charge is 2.24. The summed E-state index contributed by atoms with van der Waals surface area (Å²) in [6.07, 6.45) is 3.97. The minimum atomic E-state index is 0.0158. The fraction of sp³-hybridized carbons (Fsp3) is 0.400. The number of carbonyl (C=O) groups excluding carboxylic acids is 2. The molecule has 2 aliphatic heterocycles. The highest BCUT2D eigenvalue weighted by atomic mass is 16.5. The Bertz CT molecular complexity index is 949. The third kappa shape index (κ3) is 5.05. The van der Waals surface area contributed by atoms with Crippen molar-refractivity contribution in [2.45, 2.75) is 25.7 Å². The van der Waals surface area contributed by atoms with Crippen LogP contribution in [0.1, 0.15) is 52.0 Å². The Hall–Kier alpha value is -3.33. The molecule has 2 aliphatic rings. The highest BCUT2D eigenvalue weighted by molar-refractivity contribution is 5.95. The molecule has 0 N–H and O–H groups in total. The van der Waals surface area contributed by atoms with E-state index in [-0.39, 0.29) is 11.8 Å². The van der Waals surface area contributed by atoms with E-state index in [0.717, 1.165) is 44.5 Å². The normalized spacial score (nSPS) is 16.7. The van der Waals surface area contributed by atoms with Gasteiger partial charge in [0.2, 0.25) is 0 Å². The fourth-order valence-corrected chi connectivity index (χ4v) is 4.18. The maximum absolute atomic E-state index is 12.6. The molecule has 2 aromatic carbocycles. The van der Waals surface area contributed by atoms with E-state index in [4.69, 9.17) is 10.00 Å². The van der Waals surface area contributed by atoms with Gasteiger partial charge >= 0.3 is 0 Å². The number of benzene rings is 2.